The third-order valence-electron chi connectivity index (χ3n) is 5.44. The molecule has 9 nitrogen and oxygen atoms in total. The quantitative estimate of drug-likeness (QED) is 0.147. The van der Waals surface area contributed by atoms with E-state index in [0.717, 1.165) is 11.1 Å². The Morgan fingerprint density at radius 1 is 0.971 bits per heavy atom. The van der Waals surface area contributed by atoms with Crippen molar-refractivity contribution in [2.45, 2.75) is 17.8 Å². The van der Waals surface area contributed by atoms with Crippen LogP contribution in [0.15, 0.2) is 64.5 Å². The third-order valence-corrected chi connectivity index (χ3v) is 6.45. The maximum Gasteiger partial charge on any atom is 0.269 e. The van der Waals surface area contributed by atoms with E-state index in [-0.39, 0.29) is 11.2 Å². The highest BCUT2D eigenvalue weighted by Crippen LogP contribution is 2.42. The molecule has 1 aromatic heterocycles. The van der Waals surface area contributed by atoms with E-state index in [4.69, 9.17) is 19.2 Å². The largest absolute Gasteiger partial charge is 0.493 e. The van der Waals surface area contributed by atoms with E-state index in [1.54, 1.807) is 22.8 Å². The van der Waals surface area contributed by atoms with Gasteiger partial charge in [0.1, 0.15) is 5.52 Å². The first kappa shape index (κ1) is 24.1. The van der Waals surface area contributed by atoms with Crippen molar-refractivity contribution in [3.63, 3.8) is 0 Å². The van der Waals surface area contributed by atoms with Crippen molar-refractivity contribution in [2.24, 2.45) is 0 Å². The fourth-order valence-electron chi connectivity index (χ4n) is 3.65. The average molecular weight is 494 g/mol. The second-order valence-corrected chi connectivity index (χ2v) is 8.57. The van der Waals surface area contributed by atoms with Gasteiger partial charge in [-0.15, -0.1) is 0 Å². The van der Waals surface area contributed by atoms with Gasteiger partial charge in [-0.1, -0.05) is 41.6 Å². The lowest BCUT2D eigenvalue weighted by Gasteiger charge is -2.17. The van der Waals surface area contributed by atoms with Gasteiger partial charge < -0.3 is 14.2 Å². The number of rotatable bonds is 8. The highest BCUT2D eigenvalue weighted by atomic mass is 32.2. The monoisotopic (exact) mass is 493 g/mol. The minimum Gasteiger partial charge on any atom is -0.493 e. The number of nitro benzene ring substituents is 1. The number of benzene rings is 3. The molecule has 4 aromatic rings. The SMILES string of the molecule is COc1cc2c(=O)n(-c3ccc(C)cc3)c(SCc3ccc([N+](=O)[O-])cc3)nc2c(OC)c1OC. The average Bonchev–Trinajstić information content (AvgIpc) is 2.87. The van der Waals surface area contributed by atoms with Crippen molar-refractivity contribution >= 4 is 28.4 Å². The van der Waals surface area contributed by atoms with Crippen molar-refractivity contribution in [3.05, 3.63) is 86.2 Å². The van der Waals surface area contributed by atoms with Gasteiger partial charge in [0.25, 0.3) is 11.2 Å². The van der Waals surface area contributed by atoms with Gasteiger partial charge in [0.2, 0.25) is 5.75 Å². The molecule has 35 heavy (non-hydrogen) atoms. The summed E-state index contributed by atoms with van der Waals surface area (Å²) in [5, 5.41) is 11.7. The molecule has 0 saturated carbocycles. The number of methoxy groups -OCH3 is 3. The second kappa shape index (κ2) is 10.1. The van der Waals surface area contributed by atoms with Crippen molar-refractivity contribution < 1.29 is 19.1 Å². The van der Waals surface area contributed by atoms with E-state index < -0.39 is 4.92 Å². The number of fused-ring (bicyclic) bond motifs is 1. The predicted molar refractivity (Wildman–Crippen MR) is 134 cm³/mol. The Morgan fingerprint density at radius 2 is 1.63 bits per heavy atom. The molecule has 0 bridgehead atoms. The Balaban J connectivity index is 1.90. The summed E-state index contributed by atoms with van der Waals surface area (Å²) in [6, 6.07) is 15.5. The van der Waals surface area contributed by atoms with E-state index in [0.29, 0.717) is 44.7 Å². The molecule has 0 fully saturated rings. The van der Waals surface area contributed by atoms with E-state index in [9.17, 15) is 14.9 Å². The van der Waals surface area contributed by atoms with Gasteiger partial charge in [-0.05, 0) is 30.7 Å². The third kappa shape index (κ3) is 4.65. The maximum absolute atomic E-state index is 13.8. The smallest absolute Gasteiger partial charge is 0.269 e. The summed E-state index contributed by atoms with van der Waals surface area (Å²) in [5.41, 5.74) is 2.65. The van der Waals surface area contributed by atoms with Crippen molar-refractivity contribution in [3.8, 4) is 22.9 Å². The van der Waals surface area contributed by atoms with E-state index in [1.807, 2.05) is 31.2 Å². The fourth-order valence-corrected chi connectivity index (χ4v) is 4.61. The lowest BCUT2D eigenvalue weighted by molar-refractivity contribution is -0.384. The molecule has 10 heteroatoms. The predicted octanol–water partition coefficient (Wildman–Crippen LogP) is 4.92. The van der Waals surface area contributed by atoms with Gasteiger partial charge in [-0.25, -0.2) is 4.98 Å². The highest BCUT2D eigenvalue weighted by Gasteiger charge is 2.22. The van der Waals surface area contributed by atoms with Gasteiger partial charge in [0, 0.05) is 17.9 Å². The fraction of sp³-hybridized carbons (Fsp3) is 0.200. The van der Waals surface area contributed by atoms with Crippen LogP contribution in [0.1, 0.15) is 11.1 Å². The van der Waals surface area contributed by atoms with Crippen LogP contribution in [-0.4, -0.2) is 35.8 Å². The molecule has 0 atom stereocenters. The summed E-state index contributed by atoms with van der Waals surface area (Å²) < 4.78 is 18.0. The molecular formula is C25H23N3O6S. The molecule has 0 radical (unpaired) electrons. The molecule has 180 valence electrons. The van der Waals surface area contributed by atoms with Crippen LogP contribution in [-0.2, 0) is 5.75 Å². The van der Waals surface area contributed by atoms with Crippen LogP contribution in [0.2, 0.25) is 0 Å². The van der Waals surface area contributed by atoms with Crippen LogP contribution < -0.4 is 19.8 Å². The molecular weight excluding hydrogens is 470 g/mol. The molecule has 0 aliphatic heterocycles. The van der Waals surface area contributed by atoms with E-state index in [1.165, 1.54) is 45.2 Å². The Bertz CT molecular complexity index is 1450. The van der Waals surface area contributed by atoms with Gasteiger partial charge in [-0.2, -0.15) is 0 Å². The summed E-state index contributed by atoms with van der Waals surface area (Å²) in [7, 11) is 4.46. The standard InChI is InChI=1S/C25H23N3O6S/c1-15-5-9-17(10-6-15)27-24(29)19-13-20(32-2)22(33-3)23(34-4)21(19)26-25(27)35-14-16-7-11-18(12-8-16)28(30)31/h5-13H,14H2,1-4H3. The first-order valence-corrected chi connectivity index (χ1v) is 11.6. The Labute approximate surface area is 205 Å². The minimum atomic E-state index is -0.440. The number of ether oxygens (including phenoxy) is 3. The molecule has 0 saturated heterocycles. The first-order chi connectivity index (χ1) is 16.9. The normalized spacial score (nSPS) is 10.9. The van der Waals surface area contributed by atoms with Gasteiger partial charge >= 0.3 is 0 Å². The molecule has 0 N–H and O–H groups in total. The van der Waals surface area contributed by atoms with Crippen LogP contribution in [0.3, 0.4) is 0 Å². The first-order valence-electron chi connectivity index (χ1n) is 10.6. The number of nitrogens with zero attached hydrogens (tertiary/aromatic N) is 3. The Hall–Kier alpha value is -4.05. The number of thioether (sulfide) groups is 1. The zero-order valence-corrected chi connectivity index (χ0v) is 20.4. The zero-order chi connectivity index (χ0) is 25.1. The molecule has 0 aliphatic rings. The Morgan fingerprint density at radius 3 is 2.20 bits per heavy atom. The van der Waals surface area contributed by atoms with Gasteiger partial charge in [-0.3, -0.25) is 19.5 Å². The molecule has 0 spiro atoms. The topological polar surface area (TPSA) is 106 Å². The second-order valence-electron chi connectivity index (χ2n) is 7.62. The van der Waals surface area contributed by atoms with Crippen LogP contribution >= 0.6 is 11.8 Å². The van der Waals surface area contributed by atoms with Crippen LogP contribution in [0.25, 0.3) is 16.6 Å². The number of nitro groups is 1. The minimum absolute atomic E-state index is 0.0184. The molecule has 0 amide bonds. The summed E-state index contributed by atoms with van der Waals surface area (Å²) >= 11 is 1.34. The van der Waals surface area contributed by atoms with E-state index in [2.05, 4.69) is 0 Å². The molecule has 0 aliphatic carbocycles. The lowest BCUT2D eigenvalue weighted by atomic mass is 10.2. The summed E-state index contributed by atoms with van der Waals surface area (Å²) in [6.45, 7) is 1.97. The van der Waals surface area contributed by atoms with Crippen LogP contribution in [0.4, 0.5) is 5.69 Å². The number of hydrogen-bond acceptors (Lipinski definition) is 8. The summed E-state index contributed by atoms with van der Waals surface area (Å²) in [4.78, 5) is 29.1. The molecule has 1 heterocycles. The van der Waals surface area contributed by atoms with Gasteiger partial charge in [0.05, 0.1) is 37.3 Å². The number of aromatic nitrogens is 2. The molecule has 3 aromatic carbocycles. The van der Waals surface area contributed by atoms with Gasteiger partial charge in [0.15, 0.2) is 16.7 Å². The zero-order valence-electron chi connectivity index (χ0n) is 19.6. The van der Waals surface area contributed by atoms with E-state index >= 15 is 0 Å². The Kier molecular flexibility index (Phi) is 6.92. The number of aryl methyl sites for hydroxylation is 1. The molecule has 0 unspecified atom stereocenters. The van der Waals surface area contributed by atoms with Crippen molar-refractivity contribution in [1.82, 2.24) is 9.55 Å². The van der Waals surface area contributed by atoms with Crippen LogP contribution in [0.5, 0.6) is 17.2 Å². The van der Waals surface area contributed by atoms with Crippen molar-refractivity contribution in [1.29, 1.82) is 0 Å². The van der Waals surface area contributed by atoms with Crippen molar-refractivity contribution in [2.75, 3.05) is 21.3 Å². The number of hydrogen-bond donors (Lipinski definition) is 0. The highest BCUT2D eigenvalue weighted by molar-refractivity contribution is 7.98. The summed E-state index contributed by atoms with van der Waals surface area (Å²) in [5.74, 6) is 1.44. The number of non-ortho nitro benzene ring substituents is 1. The molecule has 4 rings (SSSR count). The summed E-state index contributed by atoms with van der Waals surface area (Å²) in [6.07, 6.45) is 0. The van der Waals surface area contributed by atoms with Crippen LogP contribution in [0, 0.1) is 17.0 Å². The lowest BCUT2D eigenvalue weighted by Crippen LogP contribution is -2.22. The maximum atomic E-state index is 13.8.